The molecule has 0 radical (unpaired) electrons. The van der Waals surface area contributed by atoms with Crippen molar-refractivity contribution in [3.63, 3.8) is 0 Å². The number of nitrogens with one attached hydrogen (secondary N) is 1. The van der Waals surface area contributed by atoms with Crippen molar-refractivity contribution in [2.45, 2.75) is 94.9 Å². The van der Waals surface area contributed by atoms with Gasteiger partial charge in [-0.3, -0.25) is 18.7 Å². The van der Waals surface area contributed by atoms with E-state index in [4.69, 9.17) is 0 Å². The second kappa shape index (κ2) is 21.6. The Hall–Kier alpha value is -7.15. The van der Waals surface area contributed by atoms with Crippen LogP contribution in [0, 0.1) is 11.8 Å². The van der Waals surface area contributed by atoms with Crippen LogP contribution in [0.4, 0.5) is 17.1 Å². The Kier molecular flexibility index (Phi) is 15.2. The highest BCUT2D eigenvalue weighted by molar-refractivity contribution is 7.86. The molecule has 2 amide bonds. The molecule has 0 fully saturated rings. The van der Waals surface area contributed by atoms with E-state index in [1.54, 1.807) is 11.0 Å². The first-order valence-electron chi connectivity index (χ1n) is 25.6. The molecule has 0 unspecified atom stereocenters. The summed E-state index contributed by atoms with van der Waals surface area (Å²) in [6.07, 6.45) is 13.9. The Bertz CT molecular complexity index is 3670. The van der Waals surface area contributed by atoms with Gasteiger partial charge in [-0.25, -0.2) is 0 Å². The van der Waals surface area contributed by atoms with Gasteiger partial charge in [-0.05, 0) is 114 Å². The van der Waals surface area contributed by atoms with Crippen LogP contribution in [-0.2, 0) is 47.2 Å². The van der Waals surface area contributed by atoms with E-state index in [1.807, 2.05) is 91.0 Å². The monoisotopic (exact) mass is 1040 g/mol. The van der Waals surface area contributed by atoms with E-state index in [0.29, 0.717) is 50.7 Å². The Morgan fingerprint density at radius 2 is 1.41 bits per heavy atom. The summed E-state index contributed by atoms with van der Waals surface area (Å²) in [5.41, 5.74) is 8.94. The van der Waals surface area contributed by atoms with Gasteiger partial charge >= 0.3 is 0 Å². The largest absolute Gasteiger partial charge is 0.356 e. The molecule has 6 aromatic carbocycles. The van der Waals surface area contributed by atoms with Crippen molar-refractivity contribution in [3.8, 4) is 11.8 Å². The second-order valence-electron chi connectivity index (χ2n) is 20.5. The summed E-state index contributed by atoms with van der Waals surface area (Å²) >= 11 is 0. The van der Waals surface area contributed by atoms with Gasteiger partial charge in [0.05, 0.1) is 28.3 Å². The molecule has 0 bridgehead atoms. The minimum absolute atomic E-state index is 0.0940. The molecular weight excluding hydrogens is 981 g/mol. The van der Waals surface area contributed by atoms with Crippen LogP contribution in [0.25, 0.3) is 21.5 Å². The molecule has 0 spiro atoms. The highest BCUT2D eigenvalue weighted by Crippen LogP contribution is 2.51. The molecule has 12 nitrogen and oxygen atoms in total. The lowest BCUT2D eigenvalue weighted by atomic mass is 9.79. The number of allylic oxidation sites excluding steroid dienone is 6. The number of anilines is 2. The summed E-state index contributed by atoms with van der Waals surface area (Å²) in [5, 5.41) is 6.86. The van der Waals surface area contributed by atoms with Crippen molar-refractivity contribution < 1.29 is 40.1 Å². The number of para-hydroxylation sites is 1. The molecule has 9 rings (SSSR count). The fourth-order valence-electron chi connectivity index (χ4n) is 11.1. The average Bonchev–Trinajstić information content (AvgIpc) is 3.74. The van der Waals surface area contributed by atoms with Crippen molar-refractivity contribution in [1.29, 1.82) is 0 Å². The molecule has 75 heavy (non-hydrogen) atoms. The number of hydrogen-bond donors (Lipinski definition) is 3. The minimum atomic E-state index is -4.41. The highest BCUT2D eigenvalue weighted by Gasteiger charge is 2.45. The third-order valence-corrected chi connectivity index (χ3v) is 16.4. The van der Waals surface area contributed by atoms with Gasteiger partial charge in [0.25, 0.3) is 20.2 Å². The van der Waals surface area contributed by atoms with Crippen LogP contribution in [-0.4, -0.2) is 73.4 Å². The van der Waals surface area contributed by atoms with E-state index in [1.165, 1.54) is 17.7 Å². The molecule has 386 valence electrons. The lowest BCUT2D eigenvalue weighted by Gasteiger charge is -2.27. The van der Waals surface area contributed by atoms with E-state index < -0.39 is 25.7 Å². The van der Waals surface area contributed by atoms with Crippen molar-refractivity contribution in [1.82, 2.24) is 5.32 Å². The summed E-state index contributed by atoms with van der Waals surface area (Å²) in [4.78, 5) is 30.7. The van der Waals surface area contributed by atoms with Crippen molar-refractivity contribution >= 4 is 76.4 Å². The van der Waals surface area contributed by atoms with Gasteiger partial charge in [-0.2, -0.15) is 21.4 Å². The maximum absolute atomic E-state index is 13.7. The quantitative estimate of drug-likeness (QED) is 0.0250. The fraction of sp³-hybridized carbons (Fsp3) is 0.295. The average molecular weight is 1040 g/mol. The van der Waals surface area contributed by atoms with Gasteiger partial charge in [-0.1, -0.05) is 117 Å². The Labute approximate surface area is 440 Å². The fourth-order valence-corrected chi connectivity index (χ4v) is 12.2. The van der Waals surface area contributed by atoms with Crippen molar-refractivity contribution in [2.24, 2.45) is 0 Å². The smallest absolute Gasteiger partial charge is 0.294 e. The number of hydrogen-bond acceptors (Lipinski definition) is 7. The summed E-state index contributed by atoms with van der Waals surface area (Å²) < 4.78 is 69.0. The summed E-state index contributed by atoms with van der Waals surface area (Å²) in [7, 11) is -8.48. The predicted octanol–water partition coefficient (Wildman–Crippen LogP) is 11.1. The highest BCUT2D eigenvalue weighted by atomic mass is 32.2. The molecule has 0 atom stereocenters. The summed E-state index contributed by atoms with van der Waals surface area (Å²) in [6.45, 7) is 10.6. The molecule has 0 saturated carbocycles. The minimum Gasteiger partial charge on any atom is -0.356 e. The van der Waals surface area contributed by atoms with Gasteiger partial charge < -0.3 is 15.1 Å². The van der Waals surface area contributed by atoms with Crippen molar-refractivity contribution in [3.05, 3.63) is 179 Å². The van der Waals surface area contributed by atoms with Crippen LogP contribution in [0.3, 0.4) is 0 Å². The first-order chi connectivity index (χ1) is 35.8. The lowest BCUT2D eigenvalue weighted by molar-refractivity contribution is -0.438. The number of benzene rings is 6. The van der Waals surface area contributed by atoms with Gasteiger partial charge in [0.2, 0.25) is 17.5 Å². The zero-order valence-electron chi connectivity index (χ0n) is 42.8. The van der Waals surface area contributed by atoms with Gasteiger partial charge in [0, 0.05) is 78.0 Å². The third-order valence-electron chi connectivity index (χ3n) is 14.8. The zero-order valence-corrected chi connectivity index (χ0v) is 44.5. The van der Waals surface area contributed by atoms with Crippen LogP contribution in [0.2, 0.25) is 0 Å². The number of amides is 2. The molecule has 6 aromatic rings. The maximum Gasteiger partial charge on any atom is 0.294 e. The number of carbonyl (C=O) groups excluding carboxylic acids is 2. The molecule has 3 heterocycles. The number of rotatable bonds is 18. The molecular formula is C61H63N4O8S2+. The third kappa shape index (κ3) is 11.3. The normalized spacial score (nSPS) is 16.2. The van der Waals surface area contributed by atoms with Gasteiger partial charge in [0.1, 0.15) is 6.54 Å². The van der Waals surface area contributed by atoms with Gasteiger partial charge in [0.15, 0.2) is 5.71 Å². The standard InChI is InChI=1S/C61H62N4O8S2/c1-60(2)54(64(39-17-18-40-74(68,69)70)52-34-30-44-20-12-14-23-49(44)58(52)60)25-7-5-8-26-55-61(3,4)59-50-33-32-48(75(71,72)73)41-46(50)31-35-53(59)63(55)38-16-6-9-27-56(66)62-37-36-57(67)65-42-47-22-11-10-19-43(47)28-29-45-21-13-15-24-51(45)65/h5,7-8,10-15,19-26,30-35,41H,6,9,16-18,27,36-40,42H2,1-4H3,(H2-,62,66,68,69,70,71,72,73)/p+1. The zero-order chi connectivity index (χ0) is 53.1. The van der Waals surface area contributed by atoms with E-state index in [-0.39, 0.29) is 40.8 Å². The van der Waals surface area contributed by atoms with E-state index in [2.05, 4.69) is 90.7 Å². The first-order valence-corrected chi connectivity index (χ1v) is 28.6. The molecule has 0 aliphatic carbocycles. The Morgan fingerprint density at radius 3 is 2.21 bits per heavy atom. The van der Waals surface area contributed by atoms with E-state index >= 15 is 0 Å². The molecule has 3 aliphatic heterocycles. The molecule has 3 N–H and O–H groups in total. The van der Waals surface area contributed by atoms with E-state index in [0.717, 1.165) is 79.7 Å². The van der Waals surface area contributed by atoms with E-state index in [9.17, 15) is 35.5 Å². The number of unbranched alkanes of at least 4 members (excludes halogenated alkanes) is 3. The van der Waals surface area contributed by atoms with Crippen LogP contribution >= 0.6 is 0 Å². The topological polar surface area (TPSA) is 164 Å². The Balaban J connectivity index is 0.893. The van der Waals surface area contributed by atoms with Gasteiger partial charge in [-0.15, -0.1) is 0 Å². The summed E-state index contributed by atoms with van der Waals surface area (Å²) in [5.74, 6) is 5.98. The Morgan fingerprint density at radius 1 is 0.693 bits per heavy atom. The van der Waals surface area contributed by atoms with Crippen LogP contribution in [0.15, 0.2) is 156 Å². The maximum atomic E-state index is 13.7. The van der Waals surface area contributed by atoms with Crippen molar-refractivity contribution in [2.75, 3.05) is 35.2 Å². The second-order valence-corrected chi connectivity index (χ2v) is 23.5. The SMILES string of the molecule is CC1(C)C(=CC=CC=CC2=[N+](CCCCS(=O)(=O)O)c3ccc4ccccc4c3C2(C)C)N(CCCCCC(=O)NCCC(=O)N2Cc3ccccc3C#Cc3ccccc32)c2ccc3cc(S(=O)(=O)O)ccc3c21. The molecule has 14 heteroatoms. The number of carbonyl (C=O) groups is 2. The lowest BCUT2D eigenvalue weighted by Crippen LogP contribution is -2.35. The molecule has 0 saturated heterocycles. The number of fused-ring (bicyclic) bond motifs is 8. The first kappa shape index (κ1) is 52.7. The van der Waals surface area contributed by atoms with Crippen LogP contribution < -0.4 is 15.1 Å². The number of nitrogens with zero attached hydrogens (tertiary/aromatic N) is 3. The molecule has 3 aliphatic rings. The van der Waals surface area contributed by atoms with Crippen LogP contribution in [0.1, 0.15) is 100 Å². The summed E-state index contributed by atoms with van der Waals surface area (Å²) in [6, 6.07) is 36.7. The van der Waals surface area contributed by atoms with Crippen LogP contribution in [0.5, 0.6) is 0 Å². The predicted molar refractivity (Wildman–Crippen MR) is 299 cm³/mol. The molecule has 0 aromatic heterocycles.